The Morgan fingerprint density at radius 2 is 2.16 bits per heavy atom. The van der Waals surface area contributed by atoms with E-state index in [4.69, 9.17) is 0 Å². The van der Waals surface area contributed by atoms with Crippen LogP contribution in [0.25, 0.3) is 16.9 Å². The molecule has 0 saturated heterocycles. The van der Waals surface area contributed by atoms with E-state index in [1.165, 1.54) is 9.13 Å². The first kappa shape index (κ1) is 12.3. The van der Waals surface area contributed by atoms with Gasteiger partial charge >= 0.3 is 5.69 Å². The normalized spacial score (nSPS) is 14.8. The lowest BCUT2D eigenvalue weighted by Gasteiger charge is -1.99. The number of carbonyl (C=O) groups excluding carboxylic acids is 1. The molecule has 0 aromatic carbocycles. The average Bonchev–Trinajstić information content (AvgIpc) is 3.12. The molecule has 0 unspecified atom stereocenters. The summed E-state index contributed by atoms with van der Waals surface area (Å²) in [6.45, 7) is 5.50. The first-order valence-corrected chi connectivity index (χ1v) is 6.79. The van der Waals surface area contributed by atoms with Gasteiger partial charge < -0.3 is 0 Å². The largest absolute Gasteiger partial charge is 0.341 e. The Labute approximate surface area is 117 Å². The van der Waals surface area contributed by atoms with Crippen LogP contribution in [0.2, 0.25) is 0 Å². The second kappa shape index (κ2) is 4.16. The van der Waals surface area contributed by atoms with Crippen molar-refractivity contribution in [3.63, 3.8) is 0 Å². The monoisotopic (exact) mass is 321 g/mol. The Morgan fingerprint density at radius 3 is 2.74 bits per heavy atom. The van der Waals surface area contributed by atoms with E-state index < -0.39 is 0 Å². The predicted molar refractivity (Wildman–Crippen MR) is 76.0 cm³/mol. The van der Waals surface area contributed by atoms with Gasteiger partial charge in [-0.1, -0.05) is 6.58 Å². The average molecular weight is 322 g/mol. The lowest BCUT2D eigenvalue weighted by Crippen LogP contribution is -2.29. The number of imidazole rings is 1. The summed E-state index contributed by atoms with van der Waals surface area (Å²) in [6, 6.07) is 1.74. The molecule has 2 heterocycles. The minimum atomic E-state index is -0.384. The first-order chi connectivity index (χ1) is 9.00. The number of carbonyl (C=O) groups is 1. The van der Waals surface area contributed by atoms with Crippen molar-refractivity contribution in [3.05, 3.63) is 33.8 Å². The van der Waals surface area contributed by atoms with Gasteiger partial charge in [-0.05, 0) is 41.8 Å². The van der Waals surface area contributed by atoms with Gasteiger partial charge in [-0.2, -0.15) is 0 Å². The van der Waals surface area contributed by atoms with Crippen LogP contribution in [0.5, 0.6) is 0 Å². The van der Waals surface area contributed by atoms with Crippen molar-refractivity contribution in [3.8, 4) is 0 Å². The fourth-order valence-electron chi connectivity index (χ4n) is 2.12. The van der Waals surface area contributed by atoms with Crippen molar-refractivity contribution >= 4 is 38.7 Å². The van der Waals surface area contributed by atoms with Crippen LogP contribution in [0.1, 0.15) is 24.6 Å². The summed E-state index contributed by atoms with van der Waals surface area (Å²) < 4.78 is 3.33. The Hall–Kier alpha value is -1.69. The third kappa shape index (κ3) is 1.87. The second-order valence-corrected chi connectivity index (χ2v) is 5.71. The molecule has 0 spiro atoms. The van der Waals surface area contributed by atoms with Crippen LogP contribution in [0.3, 0.4) is 0 Å². The maximum Gasteiger partial charge on any atom is 0.341 e. The molecule has 6 heteroatoms. The van der Waals surface area contributed by atoms with E-state index >= 15 is 0 Å². The number of nitrogens with zero attached hydrogens (tertiary/aromatic N) is 3. The number of pyridine rings is 1. The molecule has 0 amide bonds. The number of aromatic nitrogens is 3. The number of rotatable bonds is 2. The van der Waals surface area contributed by atoms with Gasteiger partial charge in [-0.15, -0.1) is 0 Å². The second-order valence-electron chi connectivity index (χ2n) is 4.80. The van der Waals surface area contributed by atoms with Gasteiger partial charge in [-0.3, -0.25) is 4.79 Å². The Balaban J connectivity index is 2.39. The molecule has 1 fully saturated rings. The van der Waals surface area contributed by atoms with Crippen LogP contribution in [0.4, 0.5) is 0 Å². The third-order valence-electron chi connectivity index (χ3n) is 3.18. The van der Waals surface area contributed by atoms with Crippen molar-refractivity contribution in [1.82, 2.24) is 14.1 Å². The summed E-state index contributed by atoms with van der Waals surface area (Å²) in [5.74, 6) is -0.171. The van der Waals surface area contributed by atoms with Crippen LogP contribution in [-0.4, -0.2) is 20.0 Å². The summed E-state index contributed by atoms with van der Waals surface area (Å²) in [5.41, 5.74) is 1.16. The van der Waals surface area contributed by atoms with E-state index in [2.05, 4.69) is 27.5 Å². The smallest absolute Gasteiger partial charge is 0.274 e. The van der Waals surface area contributed by atoms with Crippen LogP contribution in [0, 0.1) is 5.92 Å². The number of fused-ring (bicyclic) bond motifs is 1. The van der Waals surface area contributed by atoms with E-state index in [1.54, 1.807) is 19.2 Å². The molecule has 2 aromatic heterocycles. The van der Waals surface area contributed by atoms with Crippen molar-refractivity contribution in [2.24, 2.45) is 5.92 Å². The van der Waals surface area contributed by atoms with E-state index in [1.807, 2.05) is 0 Å². The summed E-state index contributed by atoms with van der Waals surface area (Å²) >= 11 is 3.32. The number of halogens is 1. The zero-order chi connectivity index (χ0) is 13.7. The SMILES string of the molecule is C=C(C)n1c(=O)n(C(=O)C2CC2)c2cc(Br)cnc21. The molecule has 0 N–H and O–H groups in total. The molecule has 0 atom stereocenters. The molecule has 19 heavy (non-hydrogen) atoms. The molecule has 1 aliphatic carbocycles. The van der Waals surface area contributed by atoms with Crippen molar-refractivity contribution in [2.45, 2.75) is 19.8 Å². The highest BCUT2D eigenvalue weighted by molar-refractivity contribution is 9.10. The fraction of sp³-hybridized carbons (Fsp3) is 0.308. The van der Waals surface area contributed by atoms with Gasteiger partial charge in [0.15, 0.2) is 5.65 Å². The van der Waals surface area contributed by atoms with Gasteiger partial charge in [0.1, 0.15) is 0 Å². The van der Waals surface area contributed by atoms with Gasteiger partial charge in [0, 0.05) is 22.3 Å². The van der Waals surface area contributed by atoms with Crippen LogP contribution in [0.15, 0.2) is 28.1 Å². The highest BCUT2D eigenvalue weighted by Crippen LogP contribution is 2.31. The van der Waals surface area contributed by atoms with Crippen molar-refractivity contribution in [1.29, 1.82) is 0 Å². The molecule has 0 aliphatic heterocycles. The van der Waals surface area contributed by atoms with Gasteiger partial charge in [0.25, 0.3) is 0 Å². The number of allylic oxidation sites excluding steroid dienone is 1. The summed E-state index contributed by atoms with van der Waals surface area (Å²) in [5, 5.41) is 0. The molecule has 0 radical (unpaired) electrons. The Bertz CT molecular complexity index is 768. The minimum Gasteiger partial charge on any atom is -0.274 e. The Morgan fingerprint density at radius 1 is 1.47 bits per heavy atom. The molecule has 2 aromatic rings. The zero-order valence-corrected chi connectivity index (χ0v) is 12.0. The molecule has 1 aliphatic rings. The van der Waals surface area contributed by atoms with E-state index in [-0.39, 0.29) is 17.5 Å². The quantitative estimate of drug-likeness (QED) is 0.854. The highest BCUT2D eigenvalue weighted by Gasteiger charge is 2.34. The molecular weight excluding hydrogens is 310 g/mol. The van der Waals surface area contributed by atoms with Gasteiger partial charge in [0.2, 0.25) is 5.91 Å². The molecule has 3 rings (SSSR count). The van der Waals surface area contributed by atoms with E-state index in [9.17, 15) is 9.59 Å². The topological polar surface area (TPSA) is 56.9 Å². The first-order valence-electron chi connectivity index (χ1n) is 6.00. The van der Waals surface area contributed by atoms with Gasteiger partial charge in [-0.25, -0.2) is 18.9 Å². The van der Waals surface area contributed by atoms with Crippen LogP contribution >= 0.6 is 15.9 Å². The van der Waals surface area contributed by atoms with Crippen LogP contribution in [-0.2, 0) is 0 Å². The van der Waals surface area contributed by atoms with E-state index in [0.29, 0.717) is 16.9 Å². The van der Waals surface area contributed by atoms with Crippen molar-refractivity contribution in [2.75, 3.05) is 0 Å². The number of hydrogen-bond acceptors (Lipinski definition) is 3. The summed E-state index contributed by atoms with van der Waals surface area (Å²) in [6.07, 6.45) is 3.31. The third-order valence-corrected chi connectivity index (χ3v) is 3.61. The van der Waals surface area contributed by atoms with E-state index in [0.717, 1.165) is 17.3 Å². The maximum atomic E-state index is 12.4. The molecule has 5 nitrogen and oxygen atoms in total. The lowest BCUT2D eigenvalue weighted by atomic mass is 10.3. The highest BCUT2D eigenvalue weighted by atomic mass is 79.9. The lowest BCUT2D eigenvalue weighted by molar-refractivity contribution is 0.0887. The van der Waals surface area contributed by atoms with Crippen LogP contribution < -0.4 is 5.69 Å². The molecule has 1 saturated carbocycles. The predicted octanol–water partition coefficient (Wildman–Crippen LogP) is 2.50. The van der Waals surface area contributed by atoms with Crippen molar-refractivity contribution < 1.29 is 4.79 Å². The standard InChI is InChI=1S/C13H12BrN3O2/c1-7(2)16-11-10(5-9(14)6-15-11)17(13(16)19)12(18)8-3-4-8/h5-6,8H,1,3-4H2,2H3. The maximum absolute atomic E-state index is 12.4. The zero-order valence-electron chi connectivity index (χ0n) is 10.4. The van der Waals surface area contributed by atoms with Gasteiger partial charge in [0.05, 0.1) is 5.52 Å². The molecule has 98 valence electrons. The Kier molecular flexibility index (Phi) is 2.70. The fourth-order valence-corrected chi connectivity index (χ4v) is 2.44. The summed E-state index contributed by atoms with van der Waals surface area (Å²) in [4.78, 5) is 28.9. The summed E-state index contributed by atoms with van der Waals surface area (Å²) in [7, 11) is 0. The number of hydrogen-bond donors (Lipinski definition) is 0. The minimum absolute atomic E-state index is 0.0270. The molecular formula is C13H12BrN3O2. The molecule has 0 bridgehead atoms.